The van der Waals surface area contributed by atoms with Crippen LogP contribution in [-0.4, -0.2) is 39.9 Å². The molecule has 0 aliphatic carbocycles. The summed E-state index contributed by atoms with van der Waals surface area (Å²) in [6.45, 7) is 3.85. The quantitative estimate of drug-likeness (QED) is 0.728. The minimum absolute atomic E-state index is 0.0782. The number of carbonyl (C=O) groups is 1. The minimum atomic E-state index is -3.65. The van der Waals surface area contributed by atoms with Crippen LogP contribution in [0.25, 0.3) is 0 Å². The Morgan fingerprint density at radius 2 is 1.59 bits per heavy atom. The number of hydrogen-bond acceptors (Lipinski definition) is 4. The Kier molecular flexibility index (Phi) is 7.12. The zero-order chi connectivity index (χ0) is 20.0. The fourth-order valence-corrected chi connectivity index (χ4v) is 3.59. The molecule has 0 fully saturated rings. The minimum Gasteiger partial charge on any atom is -0.326 e. The maximum Gasteiger partial charge on any atom is 0.240 e. The molecule has 1 atom stereocenters. The normalized spacial score (nSPS) is 13.0. The van der Waals surface area contributed by atoms with Gasteiger partial charge in [-0.05, 0) is 43.9 Å². The van der Waals surface area contributed by atoms with Gasteiger partial charge in [0.25, 0.3) is 0 Å². The average molecular weight is 390 g/mol. The van der Waals surface area contributed by atoms with Crippen LogP contribution in [0.3, 0.4) is 0 Å². The van der Waals surface area contributed by atoms with E-state index in [1.165, 1.54) is 12.1 Å². The highest BCUT2D eigenvalue weighted by Gasteiger charge is 2.19. The van der Waals surface area contributed by atoms with E-state index in [0.717, 1.165) is 5.56 Å². The van der Waals surface area contributed by atoms with Crippen LogP contribution in [0, 0.1) is 5.92 Å². The van der Waals surface area contributed by atoms with Gasteiger partial charge in [0.1, 0.15) is 0 Å². The van der Waals surface area contributed by atoms with E-state index in [-0.39, 0.29) is 29.3 Å². The molecule has 1 amide bonds. The second-order valence-corrected chi connectivity index (χ2v) is 8.68. The molecule has 2 rings (SSSR count). The molecule has 0 aliphatic rings. The average Bonchev–Trinajstić information content (AvgIpc) is 2.62. The van der Waals surface area contributed by atoms with Crippen molar-refractivity contribution in [1.29, 1.82) is 0 Å². The molecular formula is C20H27N3O3S. The van der Waals surface area contributed by atoms with E-state index in [1.54, 1.807) is 26.0 Å². The zero-order valence-electron chi connectivity index (χ0n) is 16.1. The van der Waals surface area contributed by atoms with E-state index in [9.17, 15) is 13.2 Å². The predicted molar refractivity (Wildman–Crippen MR) is 108 cm³/mol. The summed E-state index contributed by atoms with van der Waals surface area (Å²) in [4.78, 5) is 13.9. The molecule has 146 valence electrons. The highest BCUT2D eigenvalue weighted by Crippen LogP contribution is 2.19. The molecule has 0 saturated heterocycles. The van der Waals surface area contributed by atoms with E-state index in [0.29, 0.717) is 5.69 Å². The molecule has 2 N–H and O–H groups in total. The van der Waals surface area contributed by atoms with E-state index in [1.807, 2.05) is 49.3 Å². The number of sulfonamides is 1. The van der Waals surface area contributed by atoms with Crippen molar-refractivity contribution < 1.29 is 13.2 Å². The topological polar surface area (TPSA) is 78.5 Å². The smallest absolute Gasteiger partial charge is 0.240 e. The van der Waals surface area contributed by atoms with Gasteiger partial charge >= 0.3 is 0 Å². The van der Waals surface area contributed by atoms with Crippen molar-refractivity contribution in [3.63, 3.8) is 0 Å². The first-order valence-corrected chi connectivity index (χ1v) is 10.3. The number of likely N-dealkylation sites (N-methyl/N-ethyl adjacent to an activating group) is 1. The SMILES string of the molecule is CC(C)C(=O)Nc1ccc(S(=O)(=O)NC[C@@H](c2ccccc2)N(C)C)cc1. The van der Waals surface area contributed by atoms with E-state index < -0.39 is 10.0 Å². The molecule has 0 unspecified atom stereocenters. The molecule has 2 aromatic carbocycles. The number of carbonyl (C=O) groups excluding carboxylic acids is 1. The Morgan fingerprint density at radius 3 is 2.11 bits per heavy atom. The van der Waals surface area contributed by atoms with Crippen molar-refractivity contribution in [2.45, 2.75) is 24.8 Å². The Bertz CT molecular complexity index is 848. The number of nitrogens with one attached hydrogen (secondary N) is 2. The van der Waals surface area contributed by atoms with E-state index >= 15 is 0 Å². The lowest BCUT2D eigenvalue weighted by atomic mass is 10.1. The number of rotatable bonds is 8. The molecule has 6 nitrogen and oxygen atoms in total. The molecule has 2 aromatic rings. The lowest BCUT2D eigenvalue weighted by Crippen LogP contribution is -2.34. The number of hydrogen-bond donors (Lipinski definition) is 2. The Hall–Kier alpha value is -2.22. The van der Waals surface area contributed by atoms with Crippen molar-refractivity contribution >= 4 is 21.6 Å². The van der Waals surface area contributed by atoms with Crippen molar-refractivity contribution in [1.82, 2.24) is 9.62 Å². The summed E-state index contributed by atoms with van der Waals surface area (Å²) in [7, 11) is 0.182. The molecule has 0 aliphatic heterocycles. The molecule has 0 bridgehead atoms. The maximum atomic E-state index is 12.6. The molecular weight excluding hydrogens is 362 g/mol. The number of nitrogens with zero attached hydrogens (tertiary/aromatic N) is 1. The molecule has 0 heterocycles. The summed E-state index contributed by atoms with van der Waals surface area (Å²) in [5.74, 6) is -0.253. The summed E-state index contributed by atoms with van der Waals surface area (Å²) < 4.78 is 27.9. The molecule has 0 radical (unpaired) electrons. The van der Waals surface area contributed by atoms with Crippen molar-refractivity contribution in [3.05, 3.63) is 60.2 Å². The van der Waals surface area contributed by atoms with Crippen LogP contribution >= 0.6 is 0 Å². The zero-order valence-corrected chi connectivity index (χ0v) is 17.0. The fourth-order valence-electron chi connectivity index (χ4n) is 2.55. The van der Waals surface area contributed by atoms with Crippen LogP contribution in [0.4, 0.5) is 5.69 Å². The lowest BCUT2D eigenvalue weighted by Gasteiger charge is -2.25. The van der Waals surface area contributed by atoms with Crippen LogP contribution in [0.2, 0.25) is 0 Å². The van der Waals surface area contributed by atoms with Gasteiger partial charge in [0.2, 0.25) is 15.9 Å². The molecule has 0 saturated carbocycles. The van der Waals surface area contributed by atoms with Gasteiger partial charge < -0.3 is 10.2 Å². The number of benzene rings is 2. The second-order valence-electron chi connectivity index (χ2n) is 6.91. The molecule has 27 heavy (non-hydrogen) atoms. The third-order valence-corrected chi connectivity index (χ3v) is 5.67. The van der Waals surface area contributed by atoms with Crippen LogP contribution in [0.1, 0.15) is 25.5 Å². The van der Waals surface area contributed by atoms with E-state index in [4.69, 9.17) is 0 Å². The first kappa shape index (κ1) is 21.1. The van der Waals surface area contributed by atoms with Gasteiger partial charge in [-0.1, -0.05) is 44.2 Å². The third kappa shape index (κ3) is 5.89. The monoisotopic (exact) mass is 389 g/mol. The highest BCUT2D eigenvalue weighted by molar-refractivity contribution is 7.89. The Balaban J connectivity index is 2.08. The summed E-state index contributed by atoms with van der Waals surface area (Å²) in [5, 5.41) is 2.75. The summed E-state index contributed by atoms with van der Waals surface area (Å²) in [6.07, 6.45) is 0. The summed E-state index contributed by atoms with van der Waals surface area (Å²) >= 11 is 0. The van der Waals surface area contributed by atoms with Gasteiger partial charge in [-0.3, -0.25) is 4.79 Å². The largest absolute Gasteiger partial charge is 0.326 e. The van der Waals surface area contributed by atoms with Crippen molar-refractivity contribution in [2.75, 3.05) is 26.0 Å². The highest BCUT2D eigenvalue weighted by atomic mass is 32.2. The molecule has 7 heteroatoms. The van der Waals surface area contributed by atoms with Gasteiger partial charge in [0.05, 0.1) is 4.90 Å². The predicted octanol–water partition coefficient (Wildman–Crippen LogP) is 2.86. The van der Waals surface area contributed by atoms with Crippen LogP contribution < -0.4 is 10.0 Å². The summed E-state index contributed by atoms with van der Waals surface area (Å²) in [6, 6.07) is 15.8. The van der Waals surface area contributed by atoms with Crippen molar-refractivity contribution in [3.8, 4) is 0 Å². The second kappa shape index (κ2) is 9.12. The number of amides is 1. The standard InChI is InChI=1S/C20H27N3O3S/c1-15(2)20(24)22-17-10-12-18(13-11-17)27(25,26)21-14-19(23(3)4)16-8-6-5-7-9-16/h5-13,15,19,21H,14H2,1-4H3,(H,22,24)/t19-/m0/s1. The van der Waals surface area contributed by atoms with Gasteiger partial charge in [-0.15, -0.1) is 0 Å². The van der Waals surface area contributed by atoms with E-state index in [2.05, 4.69) is 10.0 Å². The summed E-state index contributed by atoms with van der Waals surface area (Å²) in [5.41, 5.74) is 1.61. The first-order chi connectivity index (χ1) is 12.7. The van der Waals surface area contributed by atoms with Gasteiger partial charge in [0.15, 0.2) is 0 Å². The first-order valence-electron chi connectivity index (χ1n) is 8.82. The fraction of sp³-hybridized carbons (Fsp3) is 0.350. The molecule has 0 spiro atoms. The third-order valence-electron chi connectivity index (χ3n) is 4.23. The van der Waals surface area contributed by atoms with Crippen LogP contribution in [-0.2, 0) is 14.8 Å². The lowest BCUT2D eigenvalue weighted by molar-refractivity contribution is -0.118. The Morgan fingerprint density at radius 1 is 1.00 bits per heavy atom. The maximum absolute atomic E-state index is 12.6. The van der Waals surface area contributed by atoms with Gasteiger partial charge in [-0.25, -0.2) is 13.1 Å². The number of anilines is 1. The van der Waals surface area contributed by atoms with Crippen LogP contribution in [0.5, 0.6) is 0 Å². The Labute approximate surface area is 161 Å². The van der Waals surface area contributed by atoms with Gasteiger partial charge in [0, 0.05) is 24.2 Å². The van der Waals surface area contributed by atoms with Crippen molar-refractivity contribution in [2.24, 2.45) is 5.92 Å². The molecule has 0 aromatic heterocycles. The van der Waals surface area contributed by atoms with Gasteiger partial charge in [-0.2, -0.15) is 0 Å². The van der Waals surface area contributed by atoms with Crippen LogP contribution in [0.15, 0.2) is 59.5 Å².